The van der Waals surface area contributed by atoms with Crippen molar-refractivity contribution >= 4 is 18.5 Å². The number of rotatable bonds is 6. The molecule has 0 aliphatic heterocycles. The molecule has 14 heavy (non-hydrogen) atoms. The van der Waals surface area contributed by atoms with E-state index in [9.17, 15) is 0 Å². The topological polar surface area (TPSA) is 0 Å². The largest absolute Gasteiger partial charge is 0.167 e. The van der Waals surface area contributed by atoms with Gasteiger partial charge in [0.15, 0.2) is 7.38 Å². The van der Waals surface area contributed by atoms with E-state index in [1.807, 2.05) is 0 Å². The summed E-state index contributed by atoms with van der Waals surface area (Å²) in [5.41, 5.74) is 0. The Kier molecular flexibility index (Phi) is 6.39. The van der Waals surface area contributed by atoms with Gasteiger partial charge in [-0.25, -0.2) is 0 Å². The summed E-state index contributed by atoms with van der Waals surface area (Å²) >= 11 is 6.86. The minimum Gasteiger partial charge on any atom is -0.167 e. The van der Waals surface area contributed by atoms with E-state index in [2.05, 4.69) is 41.5 Å². The fourth-order valence-electron chi connectivity index (χ4n) is 2.44. The molecule has 0 heterocycles. The molecule has 0 rings (SSSR count). The van der Waals surface area contributed by atoms with Crippen molar-refractivity contribution in [2.45, 2.75) is 59.7 Å². The van der Waals surface area contributed by atoms with Crippen LogP contribution in [-0.2, 0) is 0 Å². The van der Waals surface area contributed by atoms with Gasteiger partial charge in [0, 0.05) is 0 Å². The van der Waals surface area contributed by atoms with Gasteiger partial charge in [-0.05, 0) is 35.9 Å². The highest BCUT2D eigenvalue weighted by atomic mass is 35.6. The second kappa shape index (κ2) is 6.17. The van der Waals surface area contributed by atoms with Gasteiger partial charge in [0.25, 0.3) is 0 Å². The van der Waals surface area contributed by atoms with Crippen LogP contribution in [0.15, 0.2) is 0 Å². The normalized spacial score (nSPS) is 13.3. The molecule has 0 atom stereocenters. The van der Waals surface area contributed by atoms with E-state index in [0.717, 1.165) is 17.8 Å². The lowest BCUT2D eigenvalue weighted by atomic mass is 10.3. The van der Waals surface area contributed by atoms with E-state index >= 15 is 0 Å². The molecular formula is C12H27ClSi. The Morgan fingerprint density at radius 3 is 1.07 bits per heavy atom. The predicted octanol–water partition coefficient (Wildman–Crippen LogP) is 5.14. The predicted molar refractivity (Wildman–Crippen MR) is 70.5 cm³/mol. The minimum atomic E-state index is -1.47. The molecule has 86 valence electrons. The Hall–Kier alpha value is 0.507. The van der Waals surface area contributed by atoms with Crippen LogP contribution in [0, 0.1) is 17.8 Å². The third kappa shape index (κ3) is 6.89. The second-order valence-corrected chi connectivity index (χ2v) is 11.9. The van der Waals surface area contributed by atoms with Crippen molar-refractivity contribution < 1.29 is 0 Å². The average molecular weight is 235 g/mol. The van der Waals surface area contributed by atoms with Crippen LogP contribution in [0.25, 0.3) is 0 Å². The number of hydrogen-bond acceptors (Lipinski definition) is 0. The van der Waals surface area contributed by atoms with Crippen molar-refractivity contribution in [2.75, 3.05) is 0 Å². The Morgan fingerprint density at radius 1 is 0.714 bits per heavy atom. The zero-order chi connectivity index (χ0) is 11.4. The molecule has 0 aromatic carbocycles. The smallest absolute Gasteiger partial charge is 0.157 e. The van der Waals surface area contributed by atoms with Crippen molar-refractivity contribution in [3.63, 3.8) is 0 Å². The molecule has 0 nitrogen and oxygen atoms in total. The summed E-state index contributed by atoms with van der Waals surface area (Å²) in [7, 11) is -1.47. The first-order valence-electron chi connectivity index (χ1n) is 5.94. The van der Waals surface area contributed by atoms with Gasteiger partial charge in [0.1, 0.15) is 0 Å². The molecule has 0 unspecified atom stereocenters. The van der Waals surface area contributed by atoms with Crippen LogP contribution in [0.3, 0.4) is 0 Å². The van der Waals surface area contributed by atoms with Crippen molar-refractivity contribution in [1.82, 2.24) is 0 Å². The van der Waals surface area contributed by atoms with Gasteiger partial charge in [0.2, 0.25) is 0 Å². The van der Waals surface area contributed by atoms with E-state index in [1.165, 1.54) is 18.1 Å². The second-order valence-electron chi connectivity index (χ2n) is 5.94. The first-order chi connectivity index (χ1) is 6.25. The first-order valence-corrected chi connectivity index (χ1v) is 9.57. The summed E-state index contributed by atoms with van der Waals surface area (Å²) < 4.78 is 0. The van der Waals surface area contributed by atoms with Gasteiger partial charge >= 0.3 is 0 Å². The van der Waals surface area contributed by atoms with Crippen LogP contribution < -0.4 is 0 Å². The minimum absolute atomic E-state index is 0.761. The first kappa shape index (κ1) is 14.5. The van der Waals surface area contributed by atoms with Gasteiger partial charge in [-0.2, -0.15) is 11.1 Å². The molecule has 0 aliphatic rings. The lowest BCUT2D eigenvalue weighted by Gasteiger charge is -2.29. The molecule has 0 saturated carbocycles. The van der Waals surface area contributed by atoms with E-state index < -0.39 is 7.38 Å². The molecule has 0 aliphatic carbocycles. The summed E-state index contributed by atoms with van der Waals surface area (Å²) in [5, 5.41) is 0. The summed E-state index contributed by atoms with van der Waals surface area (Å²) in [5.74, 6) is 2.28. The zero-order valence-electron chi connectivity index (χ0n) is 10.7. The third-order valence-electron chi connectivity index (χ3n) is 2.32. The summed E-state index contributed by atoms with van der Waals surface area (Å²) in [6.07, 6.45) is 0. The molecule has 0 radical (unpaired) electrons. The van der Waals surface area contributed by atoms with Gasteiger partial charge in [-0.1, -0.05) is 41.5 Å². The van der Waals surface area contributed by atoms with Crippen molar-refractivity contribution in [3.8, 4) is 0 Å². The SMILES string of the molecule is CC(C)C[Si](Cl)(CC(C)C)CC(C)C. The van der Waals surface area contributed by atoms with Gasteiger partial charge in [0.05, 0.1) is 0 Å². The van der Waals surface area contributed by atoms with Gasteiger partial charge in [-0.3, -0.25) is 0 Å². The highest BCUT2D eigenvalue weighted by Crippen LogP contribution is 2.35. The molecular weight excluding hydrogens is 208 g/mol. The monoisotopic (exact) mass is 234 g/mol. The lowest BCUT2D eigenvalue weighted by Crippen LogP contribution is -2.32. The molecule has 0 N–H and O–H groups in total. The summed E-state index contributed by atoms with van der Waals surface area (Å²) in [6, 6.07) is 3.85. The van der Waals surface area contributed by atoms with E-state index in [-0.39, 0.29) is 0 Å². The molecule has 2 heteroatoms. The van der Waals surface area contributed by atoms with Crippen molar-refractivity contribution in [3.05, 3.63) is 0 Å². The summed E-state index contributed by atoms with van der Waals surface area (Å²) in [4.78, 5) is 0. The highest BCUT2D eigenvalue weighted by Gasteiger charge is 2.33. The van der Waals surface area contributed by atoms with Crippen LogP contribution in [0.2, 0.25) is 18.1 Å². The van der Waals surface area contributed by atoms with Crippen LogP contribution in [-0.4, -0.2) is 7.38 Å². The fourth-order valence-corrected chi connectivity index (χ4v) is 10.1. The van der Waals surface area contributed by atoms with Crippen LogP contribution in [0.4, 0.5) is 0 Å². The maximum Gasteiger partial charge on any atom is 0.157 e. The summed E-state index contributed by atoms with van der Waals surface area (Å²) in [6.45, 7) is 13.8. The number of hydrogen-bond donors (Lipinski definition) is 0. The van der Waals surface area contributed by atoms with Crippen molar-refractivity contribution in [2.24, 2.45) is 17.8 Å². The van der Waals surface area contributed by atoms with Gasteiger partial charge in [-0.15, -0.1) is 0 Å². The maximum atomic E-state index is 6.86. The molecule has 0 aromatic heterocycles. The fraction of sp³-hybridized carbons (Fsp3) is 1.00. The Labute approximate surface area is 96.1 Å². The highest BCUT2D eigenvalue weighted by molar-refractivity contribution is 7.20. The van der Waals surface area contributed by atoms with Gasteiger partial charge < -0.3 is 0 Å². The van der Waals surface area contributed by atoms with Crippen molar-refractivity contribution in [1.29, 1.82) is 0 Å². The molecule has 0 spiro atoms. The van der Waals surface area contributed by atoms with E-state index in [0.29, 0.717) is 0 Å². The van der Waals surface area contributed by atoms with Crippen LogP contribution in [0.5, 0.6) is 0 Å². The molecule has 0 aromatic rings. The van der Waals surface area contributed by atoms with E-state index in [1.54, 1.807) is 0 Å². The Balaban J connectivity index is 4.32. The Morgan fingerprint density at radius 2 is 0.929 bits per heavy atom. The van der Waals surface area contributed by atoms with Crippen LogP contribution >= 0.6 is 11.1 Å². The van der Waals surface area contributed by atoms with E-state index in [4.69, 9.17) is 11.1 Å². The molecule has 0 saturated heterocycles. The standard InChI is InChI=1S/C12H27ClSi/c1-10(2)7-14(13,8-11(3)4)9-12(5)6/h10-12H,7-9H2,1-6H3. The third-order valence-corrected chi connectivity index (χ3v) is 8.36. The molecule has 0 amide bonds. The van der Waals surface area contributed by atoms with Crippen LogP contribution in [0.1, 0.15) is 41.5 Å². The maximum absolute atomic E-state index is 6.86. The quantitative estimate of drug-likeness (QED) is 0.441. The average Bonchev–Trinajstić information content (AvgIpc) is 1.76. The zero-order valence-corrected chi connectivity index (χ0v) is 12.5. The molecule has 0 fully saturated rings. The molecule has 0 bridgehead atoms. The Bertz CT molecular complexity index is 126. The number of halogens is 1. The lowest BCUT2D eigenvalue weighted by molar-refractivity contribution is 0.654.